The standard InChI is InChI=1S/C17H21ClO2/c1-17(2,19-3)10-11-20-16-9-8-13-6-4-5-7-14(13)15(16)12-18/h4-9H,10-12H2,1-3H3. The van der Waals surface area contributed by atoms with E-state index in [1.807, 2.05) is 18.2 Å². The zero-order valence-corrected chi connectivity index (χ0v) is 13.0. The molecule has 0 saturated heterocycles. The lowest BCUT2D eigenvalue weighted by atomic mass is 10.0. The first kappa shape index (κ1) is 15.1. The van der Waals surface area contributed by atoms with Crippen molar-refractivity contribution in [1.82, 2.24) is 0 Å². The van der Waals surface area contributed by atoms with Crippen molar-refractivity contribution in [3.8, 4) is 5.75 Å². The molecule has 2 rings (SSSR count). The molecule has 0 aliphatic carbocycles. The highest BCUT2D eigenvalue weighted by Crippen LogP contribution is 2.30. The maximum absolute atomic E-state index is 6.10. The summed E-state index contributed by atoms with van der Waals surface area (Å²) in [5, 5.41) is 2.35. The van der Waals surface area contributed by atoms with Gasteiger partial charge in [-0.25, -0.2) is 0 Å². The highest BCUT2D eigenvalue weighted by Gasteiger charge is 2.16. The number of hydrogen-bond donors (Lipinski definition) is 0. The minimum atomic E-state index is -0.169. The first-order chi connectivity index (χ1) is 9.57. The lowest BCUT2D eigenvalue weighted by molar-refractivity contribution is 0.00541. The Kier molecular flexibility index (Phi) is 4.90. The first-order valence-corrected chi connectivity index (χ1v) is 7.35. The van der Waals surface area contributed by atoms with E-state index in [0.717, 1.165) is 23.1 Å². The molecule has 2 aromatic carbocycles. The maximum atomic E-state index is 6.10. The van der Waals surface area contributed by atoms with Gasteiger partial charge >= 0.3 is 0 Å². The maximum Gasteiger partial charge on any atom is 0.124 e. The van der Waals surface area contributed by atoms with Gasteiger partial charge in [-0.15, -0.1) is 11.6 Å². The number of rotatable bonds is 6. The van der Waals surface area contributed by atoms with Crippen LogP contribution in [0.1, 0.15) is 25.8 Å². The highest BCUT2D eigenvalue weighted by atomic mass is 35.5. The van der Waals surface area contributed by atoms with Crippen LogP contribution in [0.25, 0.3) is 10.8 Å². The molecule has 0 spiro atoms. The van der Waals surface area contributed by atoms with Gasteiger partial charge in [0.1, 0.15) is 5.75 Å². The van der Waals surface area contributed by atoms with Crippen molar-refractivity contribution in [2.24, 2.45) is 0 Å². The molecule has 0 aliphatic heterocycles. The Labute approximate surface area is 125 Å². The fourth-order valence-corrected chi connectivity index (χ4v) is 2.37. The predicted molar refractivity (Wildman–Crippen MR) is 84.7 cm³/mol. The van der Waals surface area contributed by atoms with Crippen LogP contribution in [0.15, 0.2) is 36.4 Å². The van der Waals surface area contributed by atoms with E-state index in [9.17, 15) is 0 Å². The molecule has 2 nitrogen and oxygen atoms in total. The number of hydrogen-bond acceptors (Lipinski definition) is 2. The van der Waals surface area contributed by atoms with Crippen molar-refractivity contribution in [2.45, 2.75) is 31.7 Å². The smallest absolute Gasteiger partial charge is 0.124 e. The largest absolute Gasteiger partial charge is 0.493 e. The van der Waals surface area contributed by atoms with E-state index in [0.29, 0.717) is 12.5 Å². The van der Waals surface area contributed by atoms with Crippen LogP contribution in [-0.4, -0.2) is 19.3 Å². The fourth-order valence-electron chi connectivity index (χ4n) is 2.10. The van der Waals surface area contributed by atoms with E-state index in [2.05, 4.69) is 32.0 Å². The van der Waals surface area contributed by atoms with Gasteiger partial charge in [0.25, 0.3) is 0 Å². The van der Waals surface area contributed by atoms with Gasteiger partial charge < -0.3 is 9.47 Å². The molecule has 0 atom stereocenters. The highest BCUT2D eigenvalue weighted by molar-refractivity contribution is 6.18. The molecule has 0 amide bonds. The predicted octanol–water partition coefficient (Wildman–Crippen LogP) is 4.77. The Morgan fingerprint density at radius 2 is 1.85 bits per heavy atom. The summed E-state index contributed by atoms with van der Waals surface area (Å²) in [6.45, 7) is 4.72. The van der Waals surface area contributed by atoms with E-state index >= 15 is 0 Å². The first-order valence-electron chi connectivity index (χ1n) is 6.82. The number of alkyl halides is 1. The molecular formula is C17H21ClO2. The third-order valence-electron chi connectivity index (χ3n) is 3.65. The molecule has 20 heavy (non-hydrogen) atoms. The van der Waals surface area contributed by atoms with Crippen molar-refractivity contribution < 1.29 is 9.47 Å². The molecule has 0 unspecified atom stereocenters. The average molecular weight is 293 g/mol. The van der Waals surface area contributed by atoms with Crippen molar-refractivity contribution in [2.75, 3.05) is 13.7 Å². The van der Waals surface area contributed by atoms with Gasteiger partial charge in [-0.05, 0) is 30.7 Å². The van der Waals surface area contributed by atoms with Gasteiger partial charge in [0.15, 0.2) is 0 Å². The number of fused-ring (bicyclic) bond motifs is 1. The van der Waals surface area contributed by atoms with Crippen LogP contribution in [0.5, 0.6) is 5.75 Å². The number of ether oxygens (including phenoxy) is 2. The molecule has 0 N–H and O–H groups in total. The van der Waals surface area contributed by atoms with E-state index in [1.165, 1.54) is 5.39 Å². The minimum absolute atomic E-state index is 0.169. The number of methoxy groups -OCH3 is 1. The third-order valence-corrected chi connectivity index (χ3v) is 3.91. The summed E-state index contributed by atoms with van der Waals surface area (Å²) >= 11 is 6.10. The third kappa shape index (κ3) is 3.44. The van der Waals surface area contributed by atoms with Crippen LogP contribution >= 0.6 is 11.6 Å². The summed E-state index contributed by atoms with van der Waals surface area (Å²) in [6.07, 6.45) is 0.831. The van der Waals surface area contributed by atoms with Crippen molar-refractivity contribution >= 4 is 22.4 Å². The Balaban J connectivity index is 2.18. The summed E-state index contributed by atoms with van der Waals surface area (Å²) in [6, 6.07) is 12.3. The van der Waals surface area contributed by atoms with E-state index in [4.69, 9.17) is 21.1 Å². The number of benzene rings is 2. The van der Waals surface area contributed by atoms with Crippen molar-refractivity contribution in [1.29, 1.82) is 0 Å². The van der Waals surface area contributed by atoms with Crippen LogP contribution in [0.2, 0.25) is 0 Å². The summed E-state index contributed by atoms with van der Waals surface area (Å²) in [7, 11) is 1.72. The Bertz CT molecular complexity index is 578. The van der Waals surface area contributed by atoms with Crippen molar-refractivity contribution in [3.63, 3.8) is 0 Å². The van der Waals surface area contributed by atoms with Gasteiger partial charge in [-0.1, -0.05) is 30.3 Å². The molecule has 3 heteroatoms. The second-order valence-corrected chi connectivity index (χ2v) is 5.73. The summed E-state index contributed by atoms with van der Waals surface area (Å²) in [5.41, 5.74) is 0.887. The molecule has 0 bridgehead atoms. The Hall–Kier alpha value is -1.25. The van der Waals surface area contributed by atoms with E-state index in [1.54, 1.807) is 7.11 Å². The second-order valence-electron chi connectivity index (χ2n) is 5.46. The van der Waals surface area contributed by atoms with E-state index in [-0.39, 0.29) is 5.60 Å². The average Bonchev–Trinajstić information content (AvgIpc) is 2.46. The molecule has 0 aliphatic rings. The second kappa shape index (κ2) is 6.47. The molecule has 0 saturated carbocycles. The van der Waals surface area contributed by atoms with Crippen LogP contribution in [0, 0.1) is 0 Å². The topological polar surface area (TPSA) is 18.5 Å². The zero-order chi connectivity index (χ0) is 14.6. The summed E-state index contributed by atoms with van der Waals surface area (Å²) in [4.78, 5) is 0. The van der Waals surface area contributed by atoms with Gasteiger partial charge in [-0.3, -0.25) is 0 Å². The number of halogens is 1. The Morgan fingerprint density at radius 3 is 2.55 bits per heavy atom. The monoisotopic (exact) mass is 292 g/mol. The van der Waals surface area contributed by atoms with Crippen LogP contribution < -0.4 is 4.74 Å². The van der Waals surface area contributed by atoms with E-state index < -0.39 is 0 Å². The zero-order valence-electron chi connectivity index (χ0n) is 12.3. The normalized spacial score (nSPS) is 11.8. The molecule has 0 fully saturated rings. The molecular weight excluding hydrogens is 272 g/mol. The van der Waals surface area contributed by atoms with Gasteiger partial charge in [0.05, 0.1) is 18.1 Å². The lowest BCUT2D eigenvalue weighted by Crippen LogP contribution is -2.25. The van der Waals surface area contributed by atoms with Gasteiger partial charge in [-0.2, -0.15) is 0 Å². The lowest BCUT2D eigenvalue weighted by Gasteiger charge is -2.23. The van der Waals surface area contributed by atoms with Gasteiger partial charge in [0.2, 0.25) is 0 Å². The summed E-state index contributed by atoms with van der Waals surface area (Å²) in [5.74, 6) is 1.32. The SMILES string of the molecule is COC(C)(C)CCOc1ccc2ccccc2c1CCl. The van der Waals surface area contributed by atoms with Crippen LogP contribution in [0.4, 0.5) is 0 Å². The molecule has 2 aromatic rings. The minimum Gasteiger partial charge on any atom is -0.493 e. The summed E-state index contributed by atoms with van der Waals surface area (Å²) < 4.78 is 11.3. The van der Waals surface area contributed by atoms with Crippen LogP contribution in [0.3, 0.4) is 0 Å². The van der Waals surface area contributed by atoms with Gasteiger partial charge in [0, 0.05) is 19.1 Å². The fraction of sp³-hybridized carbons (Fsp3) is 0.412. The van der Waals surface area contributed by atoms with Crippen molar-refractivity contribution in [3.05, 3.63) is 42.0 Å². The quantitative estimate of drug-likeness (QED) is 0.714. The molecule has 0 heterocycles. The Morgan fingerprint density at radius 1 is 1.10 bits per heavy atom. The van der Waals surface area contributed by atoms with Crippen LogP contribution in [-0.2, 0) is 10.6 Å². The molecule has 0 aromatic heterocycles. The molecule has 0 radical (unpaired) electrons. The molecule has 108 valence electrons.